The summed E-state index contributed by atoms with van der Waals surface area (Å²) in [5, 5.41) is 2.96. The first-order valence-electron chi connectivity index (χ1n) is 6.14. The van der Waals surface area contributed by atoms with Gasteiger partial charge >= 0.3 is 0 Å². The van der Waals surface area contributed by atoms with Crippen molar-refractivity contribution >= 4 is 25.6 Å². The number of halogens is 1. The molecule has 104 valence electrons. The molecule has 1 aliphatic rings. The average molecular weight is 302 g/mol. The third kappa shape index (κ3) is 3.28. The number of nitrogens with one attached hydrogen (secondary N) is 1. The van der Waals surface area contributed by atoms with Crippen LogP contribution in [0.15, 0.2) is 23.1 Å². The van der Waals surface area contributed by atoms with Crippen LogP contribution >= 0.6 is 10.7 Å². The standard InChI is InChI=1S/C13H16ClNO3S/c1-8(2)13(16)15-11-5-9-3-4-12(19(14,17)18)7-10(9)6-11/h3-4,7-8,11H,5-6H2,1-2H3,(H,15,16)/t11-/m1/s1. The smallest absolute Gasteiger partial charge is 0.261 e. The van der Waals surface area contributed by atoms with E-state index in [4.69, 9.17) is 10.7 Å². The van der Waals surface area contributed by atoms with Crippen LogP contribution in [-0.4, -0.2) is 20.4 Å². The monoisotopic (exact) mass is 301 g/mol. The van der Waals surface area contributed by atoms with Crippen LogP contribution in [0, 0.1) is 5.92 Å². The van der Waals surface area contributed by atoms with Crippen LogP contribution in [0.2, 0.25) is 0 Å². The minimum absolute atomic E-state index is 0.0167. The lowest BCUT2D eigenvalue weighted by atomic mass is 10.1. The van der Waals surface area contributed by atoms with Crippen molar-refractivity contribution in [2.45, 2.75) is 37.6 Å². The van der Waals surface area contributed by atoms with Gasteiger partial charge in [-0.15, -0.1) is 0 Å². The van der Waals surface area contributed by atoms with E-state index in [0.717, 1.165) is 17.5 Å². The molecule has 0 saturated carbocycles. The fourth-order valence-electron chi connectivity index (χ4n) is 2.22. The quantitative estimate of drug-likeness (QED) is 0.867. The van der Waals surface area contributed by atoms with Gasteiger partial charge in [0.05, 0.1) is 4.90 Å². The number of carbonyl (C=O) groups is 1. The van der Waals surface area contributed by atoms with Gasteiger partial charge in [-0.25, -0.2) is 8.42 Å². The summed E-state index contributed by atoms with van der Waals surface area (Å²) in [4.78, 5) is 11.8. The molecule has 1 atom stereocenters. The zero-order valence-corrected chi connectivity index (χ0v) is 12.4. The molecule has 0 bridgehead atoms. The molecule has 1 N–H and O–H groups in total. The summed E-state index contributed by atoms with van der Waals surface area (Å²) in [6.07, 6.45) is 1.38. The Morgan fingerprint density at radius 1 is 1.32 bits per heavy atom. The largest absolute Gasteiger partial charge is 0.352 e. The highest BCUT2D eigenvalue weighted by atomic mass is 35.7. The predicted molar refractivity (Wildman–Crippen MR) is 73.7 cm³/mol. The maximum absolute atomic E-state index is 11.6. The molecule has 1 aromatic rings. The first-order chi connectivity index (χ1) is 8.77. The van der Waals surface area contributed by atoms with Crippen LogP contribution in [0.4, 0.5) is 0 Å². The summed E-state index contributed by atoms with van der Waals surface area (Å²) in [7, 11) is 1.63. The van der Waals surface area contributed by atoms with Gasteiger partial charge in [0.15, 0.2) is 0 Å². The molecule has 2 rings (SSSR count). The summed E-state index contributed by atoms with van der Waals surface area (Å²) >= 11 is 0. The summed E-state index contributed by atoms with van der Waals surface area (Å²) < 4.78 is 22.6. The molecule has 1 aromatic carbocycles. The fourth-order valence-corrected chi connectivity index (χ4v) is 3.02. The Bertz CT molecular complexity index is 610. The highest BCUT2D eigenvalue weighted by Crippen LogP contribution is 2.26. The van der Waals surface area contributed by atoms with Crippen molar-refractivity contribution in [3.8, 4) is 0 Å². The number of amides is 1. The lowest BCUT2D eigenvalue weighted by Crippen LogP contribution is -2.37. The van der Waals surface area contributed by atoms with Gasteiger partial charge in [-0.05, 0) is 36.1 Å². The first-order valence-corrected chi connectivity index (χ1v) is 8.45. The second-order valence-electron chi connectivity index (χ2n) is 5.14. The van der Waals surface area contributed by atoms with Crippen molar-refractivity contribution in [3.63, 3.8) is 0 Å². The van der Waals surface area contributed by atoms with Crippen LogP contribution < -0.4 is 5.32 Å². The summed E-state index contributed by atoms with van der Waals surface area (Å²) in [5.74, 6) is -0.0366. The summed E-state index contributed by atoms with van der Waals surface area (Å²) in [6.45, 7) is 3.69. The van der Waals surface area contributed by atoms with Crippen molar-refractivity contribution in [1.82, 2.24) is 5.32 Å². The third-order valence-electron chi connectivity index (χ3n) is 3.26. The number of carbonyl (C=O) groups excluding carboxylic acids is 1. The molecule has 0 spiro atoms. The van der Waals surface area contributed by atoms with E-state index in [-0.39, 0.29) is 22.8 Å². The SMILES string of the molecule is CC(C)C(=O)N[C@@H]1Cc2ccc(S(=O)(=O)Cl)cc2C1. The second-order valence-corrected chi connectivity index (χ2v) is 7.70. The molecule has 1 aliphatic carbocycles. The van der Waals surface area contributed by atoms with Gasteiger partial charge in [0.2, 0.25) is 5.91 Å². The van der Waals surface area contributed by atoms with Crippen LogP contribution in [0.3, 0.4) is 0 Å². The van der Waals surface area contributed by atoms with Crippen molar-refractivity contribution in [1.29, 1.82) is 0 Å². The highest BCUT2D eigenvalue weighted by molar-refractivity contribution is 8.13. The van der Waals surface area contributed by atoms with Crippen LogP contribution in [0.5, 0.6) is 0 Å². The summed E-state index contributed by atoms with van der Waals surface area (Å²) in [6, 6.07) is 4.91. The van der Waals surface area contributed by atoms with E-state index in [1.165, 1.54) is 6.07 Å². The molecule has 0 saturated heterocycles. The maximum Gasteiger partial charge on any atom is 0.261 e. The number of fused-ring (bicyclic) bond motifs is 1. The van der Waals surface area contributed by atoms with Crippen molar-refractivity contribution in [3.05, 3.63) is 29.3 Å². The van der Waals surface area contributed by atoms with E-state index in [9.17, 15) is 13.2 Å². The van der Waals surface area contributed by atoms with Gasteiger partial charge in [0.1, 0.15) is 0 Å². The predicted octanol–water partition coefficient (Wildman–Crippen LogP) is 1.85. The van der Waals surface area contributed by atoms with E-state index >= 15 is 0 Å². The summed E-state index contributed by atoms with van der Waals surface area (Å²) in [5.41, 5.74) is 2.01. The molecule has 0 unspecified atom stereocenters. The Kier molecular flexibility index (Phi) is 3.87. The molecule has 0 aromatic heterocycles. The van der Waals surface area contributed by atoms with E-state index in [0.29, 0.717) is 6.42 Å². The van der Waals surface area contributed by atoms with Crippen molar-refractivity contribution in [2.75, 3.05) is 0 Å². The van der Waals surface area contributed by atoms with Crippen LogP contribution in [0.25, 0.3) is 0 Å². The molecule has 4 nitrogen and oxygen atoms in total. The van der Waals surface area contributed by atoms with Gasteiger partial charge in [-0.2, -0.15) is 0 Å². The zero-order chi connectivity index (χ0) is 14.2. The molecular formula is C13H16ClNO3S. The molecule has 0 fully saturated rings. The number of rotatable bonds is 3. The van der Waals surface area contributed by atoms with Gasteiger partial charge < -0.3 is 5.32 Å². The fraction of sp³-hybridized carbons (Fsp3) is 0.462. The normalized spacial score (nSPS) is 18.4. The van der Waals surface area contributed by atoms with Gasteiger partial charge in [-0.3, -0.25) is 4.79 Å². The van der Waals surface area contributed by atoms with Gasteiger partial charge in [0, 0.05) is 22.6 Å². The highest BCUT2D eigenvalue weighted by Gasteiger charge is 2.25. The first kappa shape index (κ1) is 14.3. The second kappa shape index (κ2) is 5.13. The number of benzene rings is 1. The minimum atomic E-state index is -3.69. The van der Waals surface area contributed by atoms with E-state index in [1.54, 1.807) is 12.1 Å². The maximum atomic E-state index is 11.6. The Labute approximate surface area is 117 Å². The Hall–Kier alpha value is -1.07. The van der Waals surface area contributed by atoms with Gasteiger partial charge in [-0.1, -0.05) is 19.9 Å². The number of hydrogen-bond donors (Lipinski definition) is 1. The topological polar surface area (TPSA) is 63.2 Å². The van der Waals surface area contributed by atoms with Crippen LogP contribution in [0.1, 0.15) is 25.0 Å². The molecule has 0 aliphatic heterocycles. The Morgan fingerprint density at radius 2 is 1.95 bits per heavy atom. The number of hydrogen-bond acceptors (Lipinski definition) is 3. The van der Waals surface area contributed by atoms with E-state index < -0.39 is 9.05 Å². The minimum Gasteiger partial charge on any atom is -0.352 e. The Balaban J connectivity index is 2.15. The lowest BCUT2D eigenvalue weighted by Gasteiger charge is -2.13. The average Bonchev–Trinajstić information content (AvgIpc) is 2.68. The van der Waals surface area contributed by atoms with E-state index in [2.05, 4.69) is 5.32 Å². The lowest BCUT2D eigenvalue weighted by molar-refractivity contribution is -0.124. The zero-order valence-electron chi connectivity index (χ0n) is 10.8. The van der Waals surface area contributed by atoms with Crippen molar-refractivity contribution < 1.29 is 13.2 Å². The molecular weight excluding hydrogens is 286 g/mol. The molecule has 6 heteroatoms. The van der Waals surface area contributed by atoms with Crippen molar-refractivity contribution in [2.24, 2.45) is 5.92 Å². The third-order valence-corrected chi connectivity index (χ3v) is 4.61. The molecule has 0 radical (unpaired) electrons. The van der Waals surface area contributed by atoms with Gasteiger partial charge in [0.25, 0.3) is 9.05 Å². The Morgan fingerprint density at radius 3 is 2.53 bits per heavy atom. The van der Waals surface area contributed by atoms with E-state index in [1.807, 2.05) is 13.8 Å². The molecule has 1 amide bonds. The van der Waals surface area contributed by atoms with Crippen LogP contribution in [-0.2, 0) is 26.7 Å². The molecule has 19 heavy (non-hydrogen) atoms. The molecule has 0 heterocycles.